The Morgan fingerprint density at radius 3 is 2.81 bits per heavy atom. The van der Waals surface area contributed by atoms with E-state index in [1.807, 2.05) is 42.5 Å². The van der Waals surface area contributed by atoms with E-state index in [0.29, 0.717) is 19.0 Å². The van der Waals surface area contributed by atoms with Crippen LogP contribution in [0.15, 0.2) is 54.6 Å². The minimum absolute atomic E-state index is 0.0888. The molecule has 1 amide bonds. The van der Waals surface area contributed by atoms with Gasteiger partial charge in [0.05, 0.1) is 18.4 Å². The average Bonchev–Trinajstić information content (AvgIpc) is 3.66. The second-order valence-electron chi connectivity index (χ2n) is 12.2. The van der Waals surface area contributed by atoms with Crippen LogP contribution in [0.2, 0.25) is 0 Å². The van der Waals surface area contributed by atoms with Gasteiger partial charge in [-0.3, -0.25) is 9.69 Å². The fourth-order valence-corrected chi connectivity index (χ4v) is 8.84. The molecule has 2 aliphatic heterocycles. The largest absolute Gasteiger partial charge is 0.493 e. The Balaban J connectivity index is 1.24. The van der Waals surface area contributed by atoms with Gasteiger partial charge in [0, 0.05) is 30.1 Å². The smallest absolute Gasteiger partial charge is 0.226 e. The summed E-state index contributed by atoms with van der Waals surface area (Å²) in [5, 5.41) is 15.5. The van der Waals surface area contributed by atoms with E-state index >= 15 is 0 Å². The number of amides is 1. The molecule has 0 radical (unpaired) electrons. The van der Waals surface area contributed by atoms with E-state index in [1.165, 1.54) is 24.0 Å². The van der Waals surface area contributed by atoms with Gasteiger partial charge in [-0.15, -0.1) is 0 Å². The number of aliphatic hydroxyl groups is 1. The van der Waals surface area contributed by atoms with Crippen LogP contribution in [-0.4, -0.2) is 53.9 Å². The van der Waals surface area contributed by atoms with Crippen LogP contribution in [0.25, 0.3) is 0 Å². The zero-order valence-electron chi connectivity index (χ0n) is 21.3. The summed E-state index contributed by atoms with van der Waals surface area (Å²) in [5.74, 6) is 1.66. The molecular formula is C31H34N2O4. The molecule has 192 valence electrons. The van der Waals surface area contributed by atoms with E-state index in [4.69, 9.17) is 9.47 Å². The van der Waals surface area contributed by atoms with Gasteiger partial charge in [0.25, 0.3) is 0 Å². The summed E-state index contributed by atoms with van der Waals surface area (Å²) in [6.45, 7) is 2.60. The molecule has 2 heterocycles. The number of nitrogens with zero attached hydrogens (tertiary/aromatic N) is 1. The molecule has 9 rings (SSSR count). The second kappa shape index (κ2) is 7.39. The highest BCUT2D eigenvalue weighted by atomic mass is 16.5. The standard InChI is InChI=1S/C31H34N2O4/c1-36-23-10-9-21-15-24-29-11-12-31(35,22(16-29)27(34)32-17-19-5-3-2-4-6-19)28-30(29,25(21)26(23)37-28)13-14-33(24)18-20-7-8-20/h2-6,9-12,20,22,24,28,35H,7-8,13-18H2,1H3,(H,32,34)/t22-,24?,28?,29+,30?,31?/m1/s1. The summed E-state index contributed by atoms with van der Waals surface area (Å²) < 4.78 is 12.5. The number of ether oxygens (including phenoxy) is 2. The minimum Gasteiger partial charge on any atom is -0.493 e. The third-order valence-electron chi connectivity index (χ3n) is 10.6. The van der Waals surface area contributed by atoms with Gasteiger partial charge in [0.2, 0.25) is 5.91 Å². The quantitative estimate of drug-likeness (QED) is 0.598. The first kappa shape index (κ1) is 22.2. The van der Waals surface area contributed by atoms with E-state index in [2.05, 4.69) is 22.4 Å². The molecule has 7 aliphatic rings. The normalized spacial score (nSPS) is 38.2. The number of carbonyl (C=O) groups is 1. The number of carbonyl (C=O) groups excluding carboxylic acids is 1. The number of hydrogen-bond acceptors (Lipinski definition) is 5. The van der Waals surface area contributed by atoms with Crippen molar-refractivity contribution in [2.75, 3.05) is 20.2 Å². The maximum Gasteiger partial charge on any atom is 0.226 e. The Hall–Kier alpha value is -2.83. The van der Waals surface area contributed by atoms with Crippen LogP contribution in [0, 0.1) is 17.3 Å². The van der Waals surface area contributed by atoms with Gasteiger partial charge < -0.3 is 19.9 Å². The Morgan fingerprint density at radius 2 is 2.03 bits per heavy atom. The number of fused-ring (bicyclic) bond motifs is 1. The number of hydrogen-bond donors (Lipinski definition) is 2. The highest BCUT2D eigenvalue weighted by Gasteiger charge is 2.79. The SMILES string of the molecule is COc1ccc2c3c1OC1C4(O)C=C[C@]5(C[C@@H]4C(=O)NCc4ccccc4)C(C2)N(CC2CC2)CCC315. The van der Waals surface area contributed by atoms with Crippen molar-refractivity contribution in [3.05, 3.63) is 71.3 Å². The zero-order chi connectivity index (χ0) is 25.0. The summed E-state index contributed by atoms with van der Waals surface area (Å²) in [5.41, 5.74) is 1.65. The predicted molar refractivity (Wildman–Crippen MR) is 138 cm³/mol. The van der Waals surface area contributed by atoms with Gasteiger partial charge in [-0.25, -0.2) is 0 Å². The molecule has 6 atom stereocenters. The summed E-state index contributed by atoms with van der Waals surface area (Å²) >= 11 is 0. The van der Waals surface area contributed by atoms with Crippen LogP contribution in [0.4, 0.5) is 0 Å². The van der Waals surface area contributed by atoms with Gasteiger partial charge in [0.1, 0.15) is 11.7 Å². The van der Waals surface area contributed by atoms with Crippen molar-refractivity contribution < 1.29 is 19.4 Å². The lowest BCUT2D eigenvalue weighted by atomic mass is 9.37. The molecule has 2 aromatic carbocycles. The molecule has 6 heteroatoms. The van der Waals surface area contributed by atoms with Crippen LogP contribution in [0.3, 0.4) is 0 Å². The monoisotopic (exact) mass is 498 g/mol. The molecule has 2 spiro atoms. The summed E-state index contributed by atoms with van der Waals surface area (Å²) in [7, 11) is 1.68. The lowest BCUT2D eigenvalue weighted by molar-refractivity contribution is -0.206. The fraction of sp³-hybridized carbons (Fsp3) is 0.516. The molecule has 2 N–H and O–H groups in total. The molecule has 0 aromatic heterocycles. The maximum atomic E-state index is 13.8. The number of methoxy groups -OCH3 is 1. The number of benzene rings is 2. The third-order valence-corrected chi connectivity index (χ3v) is 10.6. The molecule has 5 aliphatic carbocycles. The molecule has 2 aromatic rings. The van der Waals surface area contributed by atoms with E-state index in [-0.39, 0.29) is 16.7 Å². The van der Waals surface area contributed by atoms with Crippen molar-refractivity contribution in [2.45, 2.75) is 61.8 Å². The summed E-state index contributed by atoms with van der Waals surface area (Å²) in [6.07, 6.45) is 8.90. The third kappa shape index (κ3) is 2.70. The summed E-state index contributed by atoms with van der Waals surface area (Å²) in [6, 6.07) is 14.5. The fourth-order valence-electron chi connectivity index (χ4n) is 8.84. The number of nitrogens with one attached hydrogen (secondary N) is 1. The average molecular weight is 499 g/mol. The van der Waals surface area contributed by atoms with E-state index in [0.717, 1.165) is 48.9 Å². The molecular weight excluding hydrogens is 464 g/mol. The molecule has 2 saturated carbocycles. The van der Waals surface area contributed by atoms with Crippen molar-refractivity contribution in [1.29, 1.82) is 0 Å². The molecule has 6 nitrogen and oxygen atoms in total. The molecule has 4 unspecified atom stereocenters. The van der Waals surface area contributed by atoms with Gasteiger partial charge in [0.15, 0.2) is 11.5 Å². The Morgan fingerprint density at radius 1 is 1.19 bits per heavy atom. The van der Waals surface area contributed by atoms with E-state index in [9.17, 15) is 9.90 Å². The lowest BCUT2D eigenvalue weighted by Crippen LogP contribution is -2.79. The first-order valence-corrected chi connectivity index (χ1v) is 13.9. The molecule has 4 bridgehead atoms. The van der Waals surface area contributed by atoms with Gasteiger partial charge >= 0.3 is 0 Å². The van der Waals surface area contributed by atoms with Crippen molar-refractivity contribution in [2.24, 2.45) is 17.3 Å². The highest BCUT2D eigenvalue weighted by Crippen LogP contribution is 2.74. The molecule has 1 saturated heterocycles. The molecule has 3 fully saturated rings. The minimum atomic E-state index is -1.37. The number of rotatable bonds is 6. The van der Waals surface area contributed by atoms with Crippen molar-refractivity contribution >= 4 is 5.91 Å². The Kier molecular flexibility index (Phi) is 4.43. The van der Waals surface area contributed by atoms with Crippen LogP contribution < -0.4 is 14.8 Å². The first-order chi connectivity index (χ1) is 18.0. The predicted octanol–water partition coefficient (Wildman–Crippen LogP) is 3.36. The maximum absolute atomic E-state index is 13.8. The topological polar surface area (TPSA) is 71.0 Å². The van der Waals surface area contributed by atoms with Gasteiger partial charge in [-0.1, -0.05) is 48.6 Å². The van der Waals surface area contributed by atoms with Crippen LogP contribution in [0.5, 0.6) is 11.5 Å². The van der Waals surface area contributed by atoms with E-state index < -0.39 is 17.6 Å². The van der Waals surface area contributed by atoms with Crippen molar-refractivity contribution in [1.82, 2.24) is 10.2 Å². The second-order valence-corrected chi connectivity index (χ2v) is 12.2. The van der Waals surface area contributed by atoms with Crippen molar-refractivity contribution in [3.63, 3.8) is 0 Å². The van der Waals surface area contributed by atoms with E-state index in [1.54, 1.807) is 7.11 Å². The van der Waals surface area contributed by atoms with Crippen molar-refractivity contribution in [3.8, 4) is 11.5 Å². The lowest BCUT2D eigenvalue weighted by Gasteiger charge is -2.70. The van der Waals surface area contributed by atoms with Gasteiger partial charge in [-0.2, -0.15) is 0 Å². The number of likely N-dealkylation sites (tertiary alicyclic amines) is 1. The Labute approximate surface area is 217 Å². The highest BCUT2D eigenvalue weighted by molar-refractivity contribution is 5.82. The number of piperidine rings is 1. The molecule has 37 heavy (non-hydrogen) atoms. The summed E-state index contributed by atoms with van der Waals surface area (Å²) in [4.78, 5) is 16.5. The van der Waals surface area contributed by atoms with Crippen LogP contribution in [-0.2, 0) is 23.2 Å². The van der Waals surface area contributed by atoms with Gasteiger partial charge in [-0.05, 0) is 61.8 Å². The van der Waals surface area contributed by atoms with Crippen LogP contribution >= 0.6 is 0 Å². The van der Waals surface area contributed by atoms with Crippen LogP contribution in [0.1, 0.15) is 42.4 Å². The first-order valence-electron chi connectivity index (χ1n) is 13.9. The Bertz CT molecular complexity index is 1320. The zero-order valence-corrected chi connectivity index (χ0v) is 21.3.